The van der Waals surface area contributed by atoms with Crippen LogP contribution in [0.5, 0.6) is 0 Å². The van der Waals surface area contributed by atoms with Crippen molar-refractivity contribution in [1.82, 2.24) is 15.2 Å². The molecule has 0 spiro atoms. The second-order valence-electron chi connectivity index (χ2n) is 5.15. The molecule has 1 aliphatic heterocycles. The molecule has 21 heavy (non-hydrogen) atoms. The molecule has 0 bridgehead atoms. The molecule has 0 atom stereocenters. The lowest BCUT2D eigenvalue weighted by atomic mass is 10.1. The van der Waals surface area contributed by atoms with Crippen molar-refractivity contribution in [2.24, 2.45) is 5.73 Å². The second-order valence-corrected chi connectivity index (χ2v) is 6.09. The molecule has 2 rings (SSSR count). The Bertz CT molecular complexity index is 497. The van der Waals surface area contributed by atoms with Gasteiger partial charge in [0.2, 0.25) is 5.91 Å². The van der Waals surface area contributed by atoms with Crippen LogP contribution in [0.3, 0.4) is 0 Å². The molecule has 1 aromatic heterocycles. The van der Waals surface area contributed by atoms with Crippen LogP contribution in [0.4, 0.5) is 0 Å². The maximum absolute atomic E-state index is 11.8. The van der Waals surface area contributed by atoms with Crippen molar-refractivity contribution in [3.8, 4) is 0 Å². The highest BCUT2D eigenvalue weighted by Gasteiger charge is 2.18. The van der Waals surface area contributed by atoms with Crippen molar-refractivity contribution in [3.05, 3.63) is 16.1 Å². The zero-order valence-electron chi connectivity index (χ0n) is 11.7. The normalized spacial score (nSPS) is 16.8. The molecule has 1 amide bonds. The first-order valence-corrected chi connectivity index (χ1v) is 7.85. The number of hydrogen-bond donors (Lipinski definition) is 3. The molecular weight excluding hydrogens is 292 g/mol. The number of thiazole rings is 1. The van der Waals surface area contributed by atoms with Gasteiger partial charge in [0.25, 0.3) is 0 Å². The molecule has 0 aliphatic carbocycles. The van der Waals surface area contributed by atoms with Crippen LogP contribution in [0.15, 0.2) is 5.38 Å². The lowest BCUT2D eigenvalue weighted by Gasteiger charge is -2.29. The fourth-order valence-electron chi connectivity index (χ4n) is 2.20. The van der Waals surface area contributed by atoms with E-state index in [0.717, 1.165) is 30.9 Å². The van der Waals surface area contributed by atoms with Gasteiger partial charge in [0.1, 0.15) is 0 Å². The monoisotopic (exact) mass is 312 g/mol. The Hall–Kier alpha value is -1.51. The van der Waals surface area contributed by atoms with Crippen LogP contribution >= 0.6 is 11.3 Å². The summed E-state index contributed by atoms with van der Waals surface area (Å²) in [6.07, 6.45) is 2.42. The number of piperidine rings is 1. The quantitative estimate of drug-likeness (QED) is 0.678. The molecule has 7 nitrogen and oxygen atoms in total. The van der Waals surface area contributed by atoms with E-state index < -0.39 is 5.97 Å². The van der Waals surface area contributed by atoms with Crippen molar-refractivity contribution < 1.29 is 14.7 Å². The van der Waals surface area contributed by atoms with E-state index in [-0.39, 0.29) is 17.6 Å². The summed E-state index contributed by atoms with van der Waals surface area (Å²) in [5.41, 5.74) is 5.88. The summed E-state index contributed by atoms with van der Waals surface area (Å²) < 4.78 is 0. The van der Waals surface area contributed by atoms with Gasteiger partial charge in [0.15, 0.2) is 5.69 Å². The molecule has 1 aromatic rings. The van der Waals surface area contributed by atoms with Crippen LogP contribution in [-0.4, -0.2) is 59.1 Å². The highest BCUT2D eigenvalue weighted by Crippen LogP contribution is 2.10. The third kappa shape index (κ3) is 5.07. The van der Waals surface area contributed by atoms with Gasteiger partial charge < -0.3 is 16.2 Å². The van der Waals surface area contributed by atoms with Crippen LogP contribution in [0, 0.1) is 0 Å². The average Bonchev–Trinajstić information content (AvgIpc) is 2.90. The van der Waals surface area contributed by atoms with Crippen LogP contribution in [-0.2, 0) is 11.2 Å². The van der Waals surface area contributed by atoms with Crippen molar-refractivity contribution in [1.29, 1.82) is 0 Å². The van der Waals surface area contributed by atoms with Crippen LogP contribution in [0.25, 0.3) is 0 Å². The van der Waals surface area contributed by atoms with Crippen molar-refractivity contribution in [2.75, 3.05) is 26.2 Å². The van der Waals surface area contributed by atoms with Gasteiger partial charge in [-0.3, -0.25) is 9.69 Å². The van der Waals surface area contributed by atoms with Gasteiger partial charge in [-0.05, 0) is 12.8 Å². The molecular formula is C13H20N4O3S. The molecule has 0 unspecified atom stereocenters. The number of aromatic carboxylic acids is 1. The summed E-state index contributed by atoms with van der Waals surface area (Å²) in [5.74, 6) is -1.04. The SMILES string of the molecule is NC1CCN(CC(=O)NCCc2nc(C(=O)O)cs2)CC1. The number of carbonyl (C=O) groups is 2. The highest BCUT2D eigenvalue weighted by molar-refractivity contribution is 7.09. The molecule has 0 aromatic carbocycles. The van der Waals surface area contributed by atoms with Gasteiger partial charge in [0, 0.05) is 37.5 Å². The van der Waals surface area contributed by atoms with Crippen LogP contribution < -0.4 is 11.1 Å². The Morgan fingerprint density at radius 1 is 1.48 bits per heavy atom. The van der Waals surface area contributed by atoms with E-state index in [2.05, 4.69) is 15.2 Å². The number of carbonyl (C=O) groups excluding carboxylic acids is 1. The van der Waals surface area contributed by atoms with E-state index in [4.69, 9.17) is 10.8 Å². The minimum atomic E-state index is -1.02. The fraction of sp³-hybridized carbons (Fsp3) is 0.615. The Balaban J connectivity index is 1.65. The zero-order valence-corrected chi connectivity index (χ0v) is 12.6. The Kier molecular flexibility index (Phi) is 5.66. The lowest BCUT2D eigenvalue weighted by molar-refractivity contribution is -0.122. The number of hydrogen-bond acceptors (Lipinski definition) is 6. The van der Waals surface area contributed by atoms with Crippen molar-refractivity contribution >= 4 is 23.2 Å². The molecule has 8 heteroatoms. The van der Waals surface area contributed by atoms with Gasteiger partial charge in [-0.2, -0.15) is 0 Å². The molecule has 0 radical (unpaired) electrons. The van der Waals surface area contributed by atoms with Gasteiger partial charge in [0.05, 0.1) is 11.6 Å². The number of nitrogens with zero attached hydrogens (tertiary/aromatic N) is 2. The first-order chi connectivity index (χ1) is 10.0. The molecule has 1 fully saturated rings. The predicted molar refractivity (Wildman–Crippen MR) is 79.4 cm³/mol. The van der Waals surface area contributed by atoms with Crippen molar-refractivity contribution in [3.63, 3.8) is 0 Å². The predicted octanol–water partition coefficient (Wildman–Crippen LogP) is -0.0769. The highest BCUT2D eigenvalue weighted by atomic mass is 32.1. The summed E-state index contributed by atoms with van der Waals surface area (Å²) in [4.78, 5) is 28.6. The van der Waals surface area contributed by atoms with Gasteiger partial charge in [-0.1, -0.05) is 0 Å². The molecule has 2 heterocycles. The number of amides is 1. The van der Waals surface area contributed by atoms with Crippen LogP contribution in [0.2, 0.25) is 0 Å². The van der Waals surface area contributed by atoms with E-state index >= 15 is 0 Å². The van der Waals surface area contributed by atoms with Gasteiger partial charge in [-0.25, -0.2) is 9.78 Å². The van der Waals surface area contributed by atoms with E-state index in [1.54, 1.807) is 0 Å². The maximum Gasteiger partial charge on any atom is 0.355 e. The second kappa shape index (κ2) is 7.48. The number of aromatic nitrogens is 1. The molecule has 4 N–H and O–H groups in total. The Morgan fingerprint density at radius 2 is 2.19 bits per heavy atom. The molecule has 1 aliphatic rings. The average molecular weight is 312 g/mol. The van der Waals surface area contributed by atoms with Gasteiger partial charge in [-0.15, -0.1) is 11.3 Å². The summed E-state index contributed by atoms with van der Waals surface area (Å²) in [7, 11) is 0. The summed E-state index contributed by atoms with van der Waals surface area (Å²) in [5, 5.41) is 13.8. The Morgan fingerprint density at radius 3 is 2.81 bits per heavy atom. The molecule has 116 valence electrons. The first kappa shape index (κ1) is 15.9. The lowest BCUT2D eigenvalue weighted by Crippen LogP contribution is -2.44. The first-order valence-electron chi connectivity index (χ1n) is 6.97. The summed E-state index contributed by atoms with van der Waals surface area (Å²) in [6.45, 7) is 2.59. The van der Waals surface area contributed by atoms with Gasteiger partial charge >= 0.3 is 5.97 Å². The third-order valence-corrected chi connectivity index (χ3v) is 4.34. The van der Waals surface area contributed by atoms with E-state index in [9.17, 15) is 9.59 Å². The number of rotatable bonds is 6. The third-order valence-electron chi connectivity index (χ3n) is 3.43. The fourth-order valence-corrected chi connectivity index (χ4v) is 2.97. The van der Waals surface area contributed by atoms with E-state index in [1.807, 2.05) is 0 Å². The minimum Gasteiger partial charge on any atom is -0.476 e. The van der Waals surface area contributed by atoms with E-state index in [0.29, 0.717) is 19.5 Å². The molecule has 1 saturated heterocycles. The maximum atomic E-state index is 11.8. The van der Waals surface area contributed by atoms with Crippen molar-refractivity contribution in [2.45, 2.75) is 25.3 Å². The summed E-state index contributed by atoms with van der Waals surface area (Å²) in [6, 6.07) is 0.262. The van der Waals surface area contributed by atoms with E-state index in [1.165, 1.54) is 16.7 Å². The topological polar surface area (TPSA) is 109 Å². The minimum absolute atomic E-state index is 0.0134. The number of nitrogens with one attached hydrogen (secondary N) is 1. The number of likely N-dealkylation sites (tertiary alicyclic amines) is 1. The zero-order chi connectivity index (χ0) is 15.2. The standard InChI is InChI=1S/C13H20N4O3S/c14-9-2-5-17(6-3-9)7-11(18)15-4-1-12-16-10(8-21-12)13(19)20/h8-9H,1-7,14H2,(H,15,18)(H,19,20). The number of carboxylic acid groups (broad SMARTS) is 1. The largest absolute Gasteiger partial charge is 0.476 e. The number of carboxylic acids is 1. The van der Waals surface area contributed by atoms with Crippen LogP contribution in [0.1, 0.15) is 28.3 Å². The Labute approximate surface area is 127 Å². The molecule has 0 saturated carbocycles. The number of nitrogens with two attached hydrogens (primary N) is 1. The smallest absolute Gasteiger partial charge is 0.355 e. The summed E-state index contributed by atoms with van der Waals surface area (Å²) >= 11 is 1.30.